The Morgan fingerprint density at radius 2 is 1.84 bits per heavy atom. The van der Waals surface area contributed by atoms with Crippen molar-refractivity contribution in [2.24, 2.45) is 23.2 Å². The lowest BCUT2D eigenvalue weighted by Gasteiger charge is -2.53. The molecule has 0 N–H and O–H groups in total. The Labute approximate surface area is 250 Å². The number of rotatable bonds is 6. The number of fused-ring (bicyclic) bond motifs is 4. The van der Waals surface area contributed by atoms with Crippen LogP contribution in [0.15, 0.2) is 47.1 Å². The highest BCUT2D eigenvalue weighted by molar-refractivity contribution is 5.93. The molecular weight excluding hydrogens is 558 g/mol. The molecule has 6 rings (SSSR count). The average Bonchev–Trinajstić information content (AvgIpc) is 3.34. The summed E-state index contributed by atoms with van der Waals surface area (Å²) in [7, 11) is 0. The van der Waals surface area contributed by atoms with E-state index in [4.69, 9.17) is 4.74 Å². The molecule has 0 radical (unpaired) electrons. The van der Waals surface area contributed by atoms with E-state index in [1.165, 1.54) is 42.5 Å². The third-order valence-corrected chi connectivity index (χ3v) is 10.8. The van der Waals surface area contributed by atoms with Crippen molar-refractivity contribution in [3.05, 3.63) is 52.6 Å². The number of ketones is 2. The SMILES string of the molecule is C[C@]12C[C@H](c3ccc(N4CCCCC4)cc3)C3=C4CCC(=O)C=C4C(F)C[C@H]3[C@@H]1CC[C@@H]2C(=O)COCC#CC(F)(F)F. The van der Waals surface area contributed by atoms with Gasteiger partial charge >= 0.3 is 6.18 Å². The van der Waals surface area contributed by atoms with Gasteiger partial charge in [-0.25, -0.2) is 4.39 Å². The fraction of sp³-hybridized carbons (Fsp3) is 0.600. The number of alkyl halides is 4. The number of anilines is 1. The summed E-state index contributed by atoms with van der Waals surface area (Å²) in [6.07, 6.45) is 2.77. The standard InChI is InChI=1S/C35H39F4NO3/c1-34-20-28(22-6-8-23(9-7-22)40-15-3-2-4-16-40)33-25-11-10-24(41)18-26(25)31(36)19-27(33)29(34)12-13-30(34)32(42)21-43-17-5-14-35(37,38)39/h6-9,18,27-31H,2-4,10-13,15-17,19-21H2,1H3/t27-,28+,29-,30+,31?,34-/m0/s1. The van der Waals surface area contributed by atoms with Gasteiger partial charge in [-0.1, -0.05) is 30.6 Å². The molecule has 3 fully saturated rings. The number of ether oxygens (including phenoxy) is 1. The smallest absolute Gasteiger partial charge is 0.372 e. The summed E-state index contributed by atoms with van der Waals surface area (Å²) in [5.74, 6) is 2.72. The number of hydrogen-bond donors (Lipinski definition) is 0. The summed E-state index contributed by atoms with van der Waals surface area (Å²) >= 11 is 0. The molecule has 5 aliphatic rings. The second-order valence-electron chi connectivity index (χ2n) is 13.2. The Bertz CT molecular complexity index is 1380. The maximum absolute atomic E-state index is 15.8. The van der Waals surface area contributed by atoms with Crippen LogP contribution in [0, 0.1) is 35.0 Å². The third-order valence-electron chi connectivity index (χ3n) is 10.8. The zero-order chi connectivity index (χ0) is 30.4. The van der Waals surface area contributed by atoms with Crippen LogP contribution in [-0.4, -0.2) is 50.2 Å². The summed E-state index contributed by atoms with van der Waals surface area (Å²) in [5.41, 5.74) is 4.77. The molecule has 6 atom stereocenters. The van der Waals surface area contributed by atoms with Gasteiger partial charge in [0.15, 0.2) is 11.6 Å². The van der Waals surface area contributed by atoms with Crippen LogP contribution in [0.25, 0.3) is 0 Å². The van der Waals surface area contributed by atoms with Gasteiger partial charge in [-0.2, -0.15) is 13.2 Å². The van der Waals surface area contributed by atoms with E-state index in [1.807, 2.05) is 5.92 Å². The second-order valence-corrected chi connectivity index (χ2v) is 13.2. The van der Waals surface area contributed by atoms with E-state index in [9.17, 15) is 22.8 Å². The Kier molecular flexibility index (Phi) is 8.32. The van der Waals surface area contributed by atoms with Crippen LogP contribution in [0.4, 0.5) is 23.2 Å². The number of allylic oxidation sites excluding steroid dienone is 4. The molecule has 0 aromatic heterocycles. The molecule has 4 nitrogen and oxygen atoms in total. The minimum atomic E-state index is -4.59. The summed E-state index contributed by atoms with van der Waals surface area (Å²) < 4.78 is 58.1. The molecule has 2 saturated carbocycles. The van der Waals surface area contributed by atoms with Crippen LogP contribution in [-0.2, 0) is 14.3 Å². The van der Waals surface area contributed by atoms with Gasteiger partial charge in [0.05, 0.1) is 0 Å². The number of benzene rings is 1. The predicted octanol–water partition coefficient (Wildman–Crippen LogP) is 7.29. The van der Waals surface area contributed by atoms with E-state index in [1.54, 1.807) is 0 Å². The largest absolute Gasteiger partial charge is 0.457 e. The van der Waals surface area contributed by atoms with E-state index < -0.39 is 24.4 Å². The van der Waals surface area contributed by atoms with Gasteiger partial charge in [-0.05, 0) is 104 Å². The lowest BCUT2D eigenvalue weighted by molar-refractivity contribution is -0.131. The molecule has 0 bridgehead atoms. The molecule has 1 unspecified atom stereocenters. The molecule has 0 amide bonds. The lowest BCUT2D eigenvalue weighted by atomic mass is 9.51. The number of nitrogens with zero attached hydrogens (tertiary/aromatic N) is 1. The van der Waals surface area contributed by atoms with Crippen molar-refractivity contribution in [3.8, 4) is 11.8 Å². The molecule has 4 aliphatic carbocycles. The number of Topliss-reactive ketones (excluding diaryl/α,β-unsaturated/α-hetero) is 1. The normalized spacial score (nSPS) is 32.3. The molecule has 1 heterocycles. The Balaban J connectivity index is 1.32. The highest BCUT2D eigenvalue weighted by Gasteiger charge is 2.59. The van der Waals surface area contributed by atoms with Gasteiger partial charge in [0.1, 0.15) is 19.4 Å². The Hall–Kier alpha value is -2.92. The highest BCUT2D eigenvalue weighted by atomic mass is 19.4. The lowest BCUT2D eigenvalue weighted by Crippen LogP contribution is -2.46. The summed E-state index contributed by atoms with van der Waals surface area (Å²) in [6.45, 7) is 3.51. The van der Waals surface area contributed by atoms with E-state index in [2.05, 4.69) is 36.1 Å². The van der Waals surface area contributed by atoms with Crippen molar-refractivity contribution in [2.75, 3.05) is 31.2 Å². The maximum Gasteiger partial charge on any atom is 0.457 e. The third kappa shape index (κ3) is 5.94. The van der Waals surface area contributed by atoms with Gasteiger partial charge in [-0.3, -0.25) is 9.59 Å². The average molecular weight is 598 g/mol. The van der Waals surface area contributed by atoms with Gasteiger partial charge < -0.3 is 9.64 Å². The highest BCUT2D eigenvalue weighted by Crippen LogP contribution is 2.66. The number of halogens is 4. The fourth-order valence-corrected chi connectivity index (χ4v) is 8.97. The molecule has 230 valence electrons. The van der Waals surface area contributed by atoms with Gasteiger partial charge in [0.25, 0.3) is 0 Å². The zero-order valence-corrected chi connectivity index (χ0v) is 24.6. The molecule has 1 saturated heterocycles. The first-order valence-corrected chi connectivity index (χ1v) is 15.7. The number of carbonyl (C=O) groups excluding carboxylic acids is 2. The molecule has 1 aromatic rings. The number of carbonyl (C=O) groups is 2. The van der Waals surface area contributed by atoms with E-state index in [-0.39, 0.29) is 41.8 Å². The minimum Gasteiger partial charge on any atom is -0.372 e. The molecule has 0 spiro atoms. The van der Waals surface area contributed by atoms with Gasteiger partial charge in [-0.15, -0.1) is 0 Å². The minimum absolute atomic E-state index is 0.00673. The number of piperidine rings is 1. The maximum atomic E-state index is 15.8. The molecule has 1 aromatic carbocycles. The van der Waals surface area contributed by atoms with Crippen LogP contribution in [0.1, 0.15) is 76.2 Å². The summed E-state index contributed by atoms with van der Waals surface area (Å²) in [5, 5.41) is 0. The summed E-state index contributed by atoms with van der Waals surface area (Å²) in [6, 6.07) is 8.75. The number of hydrogen-bond acceptors (Lipinski definition) is 4. The van der Waals surface area contributed by atoms with Crippen molar-refractivity contribution in [1.82, 2.24) is 0 Å². The van der Waals surface area contributed by atoms with E-state index >= 15 is 4.39 Å². The van der Waals surface area contributed by atoms with Crippen molar-refractivity contribution >= 4 is 17.3 Å². The zero-order valence-electron chi connectivity index (χ0n) is 24.6. The monoisotopic (exact) mass is 597 g/mol. The van der Waals surface area contributed by atoms with Crippen molar-refractivity contribution in [2.45, 2.75) is 83.0 Å². The molecule has 43 heavy (non-hydrogen) atoms. The van der Waals surface area contributed by atoms with Crippen LogP contribution in [0.2, 0.25) is 0 Å². The van der Waals surface area contributed by atoms with E-state index in [0.29, 0.717) is 31.3 Å². The van der Waals surface area contributed by atoms with Crippen LogP contribution < -0.4 is 4.90 Å². The first-order chi connectivity index (χ1) is 20.5. The molecule has 8 heteroatoms. The summed E-state index contributed by atoms with van der Waals surface area (Å²) in [4.78, 5) is 28.2. The predicted molar refractivity (Wildman–Crippen MR) is 156 cm³/mol. The van der Waals surface area contributed by atoms with Crippen LogP contribution >= 0.6 is 0 Å². The van der Waals surface area contributed by atoms with E-state index in [0.717, 1.165) is 37.1 Å². The van der Waals surface area contributed by atoms with Crippen LogP contribution in [0.3, 0.4) is 0 Å². The van der Waals surface area contributed by atoms with Gasteiger partial charge in [0, 0.05) is 43.0 Å². The van der Waals surface area contributed by atoms with Crippen molar-refractivity contribution < 1.29 is 31.9 Å². The molecule has 1 aliphatic heterocycles. The van der Waals surface area contributed by atoms with Crippen molar-refractivity contribution in [1.29, 1.82) is 0 Å². The topological polar surface area (TPSA) is 46.6 Å². The van der Waals surface area contributed by atoms with Gasteiger partial charge in [0.2, 0.25) is 0 Å². The second kappa shape index (κ2) is 11.9. The first kappa shape index (κ1) is 30.1. The quantitative estimate of drug-likeness (QED) is 0.196. The Morgan fingerprint density at radius 1 is 1.09 bits per heavy atom. The van der Waals surface area contributed by atoms with Crippen LogP contribution in [0.5, 0.6) is 0 Å². The Morgan fingerprint density at radius 3 is 2.56 bits per heavy atom. The van der Waals surface area contributed by atoms with Crippen molar-refractivity contribution in [3.63, 3.8) is 0 Å². The fourth-order valence-electron chi connectivity index (χ4n) is 8.97. The first-order valence-electron chi connectivity index (χ1n) is 15.7. The molecular formula is C35H39F4NO3.